The summed E-state index contributed by atoms with van der Waals surface area (Å²) in [7, 11) is 0. The Morgan fingerprint density at radius 1 is 0.692 bits per heavy atom. The van der Waals surface area contributed by atoms with Crippen LogP contribution < -0.4 is 0 Å². The van der Waals surface area contributed by atoms with Crippen LogP contribution in [0, 0.1) is 10.8 Å². The van der Waals surface area contributed by atoms with E-state index in [1.54, 1.807) is 0 Å². The Morgan fingerprint density at radius 3 is 0.846 bits per heavy atom. The van der Waals surface area contributed by atoms with Crippen molar-refractivity contribution >= 4 is 12.2 Å². The molecule has 0 aliphatic heterocycles. The number of rotatable bonds is 0. The van der Waals surface area contributed by atoms with E-state index in [2.05, 4.69) is 0 Å². The third-order valence-corrected chi connectivity index (χ3v) is 0.667. The van der Waals surface area contributed by atoms with E-state index in [1.807, 2.05) is 36.4 Å². The highest BCUT2D eigenvalue weighted by atomic mass is 16.1. The van der Waals surface area contributed by atoms with Crippen molar-refractivity contribution in [3.8, 4) is 0 Å². The summed E-state index contributed by atoms with van der Waals surface area (Å²) >= 11 is 0. The maximum absolute atomic E-state index is 8.35. The van der Waals surface area contributed by atoms with Gasteiger partial charge in [-0.3, -0.25) is 0 Å². The average molecular weight is 180 g/mol. The largest absolute Gasteiger partial charge is 0.231 e. The molecule has 0 fully saturated rings. The highest BCUT2D eigenvalue weighted by Crippen LogP contribution is 1.79. The first-order valence-electron chi connectivity index (χ1n) is 2.91. The van der Waals surface area contributed by atoms with E-state index in [1.165, 1.54) is 0 Å². The second kappa shape index (κ2) is 22.5. The van der Waals surface area contributed by atoms with E-state index >= 15 is 0 Å². The monoisotopic (exact) mass is 180 g/mol. The number of benzene rings is 1. The van der Waals surface area contributed by atoms with Crippen LogP contribution in [0.5, 0.6) is 0 Å². The van der Waals surface area contributed by atoms with Gasteiger partial charge >= 0.3 is 0 Å². The van der Waals surface area contributed by atoms with Crippen LogP contribution >= 0.6 is 0 Å². The minimum absolute atomic E-state index is 0. The fourth-order valence-corrected chi connectivity index (χ4v) is 0.385. The third kappa shape index (κ3) is 40.1. The molecule has 1 rings (SSSR count). The second-order valence-corrected chi connectivity index (χ2v) is 1.36. The first-order valence-corrected chi connectivity index (χ1v) is 2.91. The van der Waals surface area contributed by atoms with Crippen molar-refractivity contribution < 1.29 is 9.59 Å². The van der Waals surface area contributed by atoms with Crippen molar-refractivity contribution in [2.45, 2.75) is 7.43 Å². The van der Waals surface area contributed by atoms with Crippen molar-refractivity contribution in [3.05, 3.63) is 36.4 Å². The van der Waals surface area contributed by atoms with Crippen LogP contribution in [0.1, 0.15) is 7.43 Å². The molecule has 4 nitrogen and oxygen atoms in total. The van der Waals surface area contributed by atoms with E-state index in [0.29, 0.717) is 0 Å². The molecule has 0 radical (unpaired) electrons. The van der Waals surface area contributed by atoms with E-state index in [0.717, 1.165) is 12.2 Å². The highest BCUT2D eigenvalue weighted by Gasteiger charge is 1.57. The Kier molecular flexibility index (Phi) is 29.7. The molecule has 0 aliphatic rings. The van der Waals surface area contributed by atoms with Crippen molar-refractivity contribution in [3.63, 3.8) is 0 Å². The molecule has 0 aliphatic carbocycles. The summed E-state index contributed by atoms with van der Waals surface area (Å²) in [6.07, 6.45) is 1.50. The summed E-state index contributed by atoms with van der Waals surface area (Å²) in [5.41, 5.74) is 0. The molecule has 70 valence electrons. The molecule has 0 aromatic heterocycles. The van der Waals surface area contributed by atoms with Crippen molar-refractivity contribution in [1.29, 1.82) is 10.8 Å². The third-order valence-electron chi connectivity index (χ3n) is 0.667. The standard InChI is InChI=1S/C6H6.2CHNO.CH4/c1-2-4-6-5-3-1;2*2-1-3;/h1-6H;2*2H;1H4. The molecule has 0 spiro atoms. The molecule has 13 heavy (non-hydrogen) atoms. The van der Waals surface area contributed by atoms with Crippen LogP contribution in [0.3, 0.4) is 0 Å². The maximum Gasteiger partial charge on any atom is 0.231 e. The average Bonchev–Trinajstić information content (AvgIpc) is 2.10. The minimum atomic E-state index is 0. The van der Waals surface area contributed by atoms with E-state index in [-0.39, 0.29) is 7.43 Å². The van der Waals surface area contributed by atoms with Gasteiger partial charge in [0.25, 0.3) is 0 Å². The van der Waals surface area contributed by atoms with Gasteiger partial charge in [-0.05, 0) is 0 Å². The Labute approximate surface area is 77.2 Å². The SMILES string of the molecule is C.N=C=O.N=C=O.c1ccccc1. The van der Waals surface area contributed by atoms with Crippen LogP contribution in [0.4, 0.5) is 0 Å². The number of hydrogen-bond donors (Lipinski definition) is 2. The van der Waals surface area contributed by atoms with Crippen LogP contribution in [-0.4, -0.2) is 12.2 Å². The Hall–Kier alpha value is -2.02. The van der Waals surface area contributed by atoms with Gasteiger partial charge in [0.2, 0.25) is 12.2 Å². The fraction of sp³-hybridized carbons (Fsp3) is 0.111. The minimum Gasteiger partial charge on any atom is -0.222 e. The van der Waals surface area contributed by atoms with Gasteiger partial charge < -0.3 is 0 Å². The van der Waals surface area contributed by atoms with Crippen LogP contribution in [0.25, 0.3) is 0 Å². The van der Waals surface area contributed by atoms with Crippen LogP contribution in [-0.2, 0) is 9.59 Å². The van der Waals surface area contributed by atoms with Gasteiger partial charge in [0.15, 0.2) is 0 Å². The quantitative estimate of drug-likeness (QED) is 0.473. The molecular weight excluding hydrogens is 168 g/mol. The van der Waals surface area contributed by atoms with Crippen molar-refractivity contribution in [2.24, 2.45) is 0 Å². The van der Waals surface area contributed by atoms with Crippen LogP contribution in [0.2, 0.25) is 0 Å². The fourth-order valence-electron chi connectivity index (χ4n) is 0.385. The summed E-state index contributed by atoms with van der Waals surface area (Å²) in [6, 6.07) is 12.0. The molecule has 0 heterocycles. The molecule has 0 unspecified atom stereocenters. The smallest absolute Gasteiger partial charge is 0.222 e. The molecule has 4 heteroatoms. The Balaban J connectivity index is -0.000000126. The molecule has 0 saturated carbocycles. The number of hydrogen-bond acceptors (Lipinski definition) is 4. The highest BCUT2D eigenvalue weighted by molar-refractivity contribution is 5.26. The van der Waals surface area contributed by atoms with E-state index in [4.69, 9.17) is 20.4 Å². The molecular formula is C9H12N2O2. The zero-order valence-corrected chi connectivity index (χ0v) is 6.28. The Morgan fingerprint density at radius 2 is 0.769 bits per heavy atom. The number of carbonyl (C=O) groups excluding carboxylic acids is 2. The zero-order valence-electron chi connectivity index (χ0n) is 6.28. The summed E-state index contributed by atoms with van der Waals surface area (Å²) in [4.78, 5) is 16.7. The van der Waals surface area contributed by atoms with Crippen molar-refractivity contribution in [1.82, 2.24) is 0 Å². The summed E-state index contributed by atoms with van der Waals surface area (Å²) in [6.45, 7) is 0. The van der Waals surface area contributed by atoms with Gasteiger partial charge in [0.05, 0.1) is 0 Å². The van der Waals surface area contributed by atoms with E-state index < -0.39 is 0 Å². The van der Waals surface area contributed by atoms with Gasteiger partial charge in [-0.2, -0.15) is 0 Å². The molecule has 0 amide bonds. The maximum atomic E-state index is 8.35. The predicted octanol–water partition coefficient (Wildman–Crippen LogP) is 2.12. The lowest BCUT2D eigenvalue weighted by molar-refractivity contribution is 0.562. The lowest BCUT2D eigenvalue weighted by Gasteiger charge is -1.69. The molecule has 1 aromatic rings. The summed E-state index contributed by atoms with van der Waals surface area (Å²) < 4.78 is 0. The normalized spacial score (nSPS) is 4.92. The molecule has 0 saturated heterocycles. The molecule has 2 N–H and O–H groups in total. The Bertz CT molecular complexity index is 196. The van der Waals surface area contributed by atoms with Gasteiger partial charge in [-0.25, -0.2) is 20.4 Å². The predicted molar refractivity (Wildman–Crippen MR) is 50.0 cm³/mol. The lowest BCUT2D eigenvalue weighted by Crippen LogP contribution is -1.47. The lowest BCUT2D eigenvalue weighted by atomic mass is 10.4. The number of isocyanates is 2. The summed E-state index contributed by atoms with van der Waals surface area (Å²) in [5.74, 6) is 0. The molecule has 0 atom stereocenters. The van der Waals surface area contributed by atoms with Gasteiger partial charge in [0, 0.05) is 0 Å². The number of nitrogens with one attached hydrogen (secondary N) is 2. The van der Waals surface area contributed by atoms with Crippen LogP contribution in [0.15, 0.2) is 36.4 Å². The first-order chi connectivity index (χ1) is 5.83. The van der Waals surface area contributed by atoms with E-state index in [9.17, 15) is 0 Å². The molecule has 0 bridgehead atoms. The second-order valence-electron chi connectivity index (χ2n) is 1.36. The van der Waals surface area contributed by atoms with Crippen molar-refractivity contribution in [2.75, 3.05) is 0 Å². The zero-order chi connectivity index (χ0) is 9.66. The van der Waals surface area contributed by atoms with Gasteiger partial charge in [-0.15, -0.1) is 0 Å². The topological polar surface area (TPSA) is 81.8 Å². The summed E-state index contributed by atoms with van der Waals surface area (Å²) in [5, 5.41) is 10.8. The van der Waals surface area contributed by atoms with Gasteiger partial charge in [-0.1, -0.05) is 43.8 Å². The van der Waals surface area contributed by atoms with Gasteiger partial charge in [0.1, 0.15) is 0 Å². The first kappa shape index (κ1) is 17.2. The molecule has 1 aromatic carbocycles.